The van der Waals surface area contributed by atoms with E-state index >= 15 is 0 Å². The molecule has 0 aromatic carbocycles. The van der Waals surface area contributed by atoms with E-state index in [2.05, 4.69) is 42.9 Å². The van der Waals surface area contributed by atoms with Crippen LogP contribution in [-0.2, 0) is 11.3 Å². The minimum Gasteiger partial charge on any atom is -0.375 e. The van der Waals surface area contributed by atoms with Crippen molar-refractivity contribution in [3.63, 3.8) is 0 Å². The maximum atomic E-state index is 5.73. The first-order valence-corrected chi connectivity index (χ1v) is 7.57. The van der Waals surface area contributed by atoms with E-state index in [4.69, 9.17) is 9.72 Å². The molecule has 1 saturated heterocycles. The van der Waals surface area contributed by atoms with Gasteiger partial charge in [0.25, 0.3) is 0 Å². The lowest BCUT2D eigenvalue weighted by molar-refractivity contribution is 0.0292. The van der Waals surface area contributed by atoms with Crippen LogP contribution in [0.4, 0.5) is 5.95 Å². The smallest absolute Gasteiger partial charge is 0.225 e. The van der Waals surface area contributed by atoms with E-state index < -0.39 is 0 Å². The Labute approximate surface area is 121 Å². The van der Waals surface area contributed by atoms with Crippen LogP contribution < -0.4 is 10.2 Å². The van der Waals surface area contributed by atoms with E-state index in [0.29, 0.717) is 6.04 Å². The highest BCUT2D eigenvalue weighted by atomic mass is 16.5. The Morgan fingerprint density at radius 2 is 2.25 bits per heavy atom. The first-order valence-electron chi connectivity index (χ1n) is 7.57. The van der Waals surface area contributed by atoms with Gasteiger partial charge in [0.05, 0.1) is 18.8 Å². The summed E-state index contributed by atoms with van der Waals surface area (Å²) in [5, 5.41) is 3.32. The van der Waals surface area contributed by atoms with Gasteiger partial charge in [-0.15, -0.1) is 0 Å². The summed E-state index contributed by atoms with van der Waals surface area (Å²) in [4.78, 5) is 11.6. The van der Waals surface area contributed by atoms with Crippen molar-refractivity contribution in [3.05, 3.63) is 17.5 Å². The van der Waals surface area contributed by atoms with Crippen LogP contribution in [0.1, 0.15) is 38.4 Å². The number of nitrogens with one attached hydrogen (secondary N) is 1. The van der Waals surface area contributed by atoms with Gasteiger partial charge >= 0.3 is 0 Å². The summed E-state index contributed by atoms with van der Waals surface area (Å²) in [5.41, 5.74) is 2.23. The Kier molecular flexibility index (Phi) is 5.31. The second kappa shape index (κ2) is 6.99. The first kappa shape index (κ1) is 15.2. The maximum Gasteiger partial charge on any atom is 0.225 e. The molecule has 2 atom stereocenters. The lowest BCUT2D eigenvalue weighted by Gasteiger charge is -2.38. The summed E-state index contributed by atoms with van der Waals surface area (Å²) in [5.74, 6) is 0.838. The maximum absolute atomic E-state index is 5.73. The topological polar surface area (TPSA) is 50.3 Å². The summed E-state index contributed by atoms with van der Waals surface area (Å²) in [6.45, 7) is 11.9. The SMILES string of the molecule is CCNCc1cnc(N2CC(C)OCC2CC)nc1C. The molecule has 2 heterocycles. The monoisotopic (exact) mass is 278 g/mol. The van der Waals surface area contributed by atoms with Crippen LogP contribution in [0, 0.1) is 6.92 Å². The fourth-order valence-corrected chi connectivity index (χ4v) is 2.48. The predicted octanol–water partition coefficient (Wildman–Crippen LogP) is 1.90. The number of anilines is 1. The van der Waals surface area contributed by atoms with Crippen molar-refractivity contribution in [2.24, 2.45) is 0 Å². The van der Waals surface area contributed by atoms with Crippen LogP contribution in [0.25, 0.3) is 0 Å². The fourth-order valence-electron chi connectivity index (χ4n) is 2.48. The molecule has 1 aromatic rings. The third-order valence-electron chi connectivity index (χ3n) is 3.83. The molecule has 20 heavy (non-hydrogen) atoms. The molecule has 1 fully saturated rings. The molecule has 0 radical (unpaired) electrons. The van der Waals surface area contributed by atoms with Crippen LogP contribution in [0.2, 0.25) is 0 Å². The van der Waals surface area contributed by atoms with E-state index in [0.717, 1.165) is 44.3 Å². The van der Waals surface area contributed by atoms with E-state index in [1.165, 1.54) is 5.56 Å². The molecule has 0 saturated carbocycles. The number of nitrogens with zero attached hydrogens (tertiary/aromatic N) is 3. The average molecular weight is 278 g/mol. The van der Waals surface area contributed by atoms with Crippen molar-refractivity contribution in [2.45, 2.75) is 52.8 Å². The Morgan fingerprint density at radius 3 is 2.90 bits per heavy atom. The highest BCUT2D eigenvalue weighted by molar-refractivity contribution is 5.35. The largest absolute Gasteiger partial charge is 0.375 e. The zero-order chi connectivity index (χ0) is 14.5. The zero-order valence-corrected chi connectivity index (χ0v) is 13.0. The van der Waals surface area contributed by atoms with Gasteiger partial charge < -0.3 is 15.0 Å². The molecule has 112 valence electrons. The standard InChI is InChI=1S/C15H26N4O/c1-5-14-10-20-11(3)9-19(14)15-17-8-13(7-16-6-2)12(4)18-15/h8,11,14,16H,5-7,9-10H2,1-4H3. The molecule has 2 unspecified atom stereocenters. The lowest BCUT2D eigenvalue weighted by Crippen LogP contribution is -2.49. The minimum absolute atomic E-state index is 0.239. The third-order valence-corrected chi connectivity index (χ3v) is 3.83. The molecule has 1 aromatic heterocycles. The Morgan fingerprint density at radius 1 is 1.45 bits per heavy atom. The lowest BCUT2D eigenvalue weighted by atomic mass is 10.1. The van der Waals surface area contributed by atoms with Gasteiger partial charge in [0.15, 0.2) is 0 Å². The Hall–Kier alpha value is -1.20. The predicted molar refractivity (Wildman–Crippen MR) is 81.0 cm³/mol. The van der Waals surface area contributed by atoms with Crippen molar-refractivity contribution < 1.29 is 4.74 Å². The van der Waals surface area contributed by atoms with Crippen LogP contribution in [0.5, 0.6) is 0 Å². The molecular formula is C15H26N4O. The quantitative estimate of drug-likeness (QED) is 0.891. The minimum atomic E-state index is 0.239. The Balaban J connectivity index is 2.16. The molecule has 1 N–H and O–H groups in total. The number of hydrogen-bond acceptors (Lipinski definition) is 5. The number of morpholine rings is 1. The highest BCUT2D eigenvalue weighted by Crippen LogP contribution is 2.20. The number of rotatable bonds is 5. The average Bonchev–Trinajstić information content (AvgIpc) is 2.46. The van der Waals surface area contributed by atoms with Gasteiger partial charge in [0.2, 0.25) is 5.95 Å². The van der Waals surface area contributed by atoms with Gasteiger partial charge in [-0.3, -0.25) is 0 Å². The second-order valence-corrected chi connectivity index (χ2v) is 5.42. The number of aromatic nitrogens is 2. The first-order chi connectivity index (χ1) is 9.65. The summed E-state index contributed by atoms with van der Waals surface area (Å²) < 4.78 is 5.73. The van der Waals surface area contributed by atoms with Gasteiger partial charge in [-0.2, -0.15) is 0 Å². The van der Waals surface area contributed by atoms with Crippen LogP contribution in [0.3, 0.4) is 0 Å². The second-order valence-electron chi connectivity index (χ2n) is 5.42. The number of aryl methyl sites for hydroxylation is 1. The van der Waals surface area contributed by atoms with E-state index in [-0.39, 0.29) is 6.10 Å². The molecular weight excluding hydrogens is 252 g/mol. The number of ether oxygens (including phenoxy) is 1. The highest BCUT2D eigenvalue weighted by Gasteiger charge is 2.27. The fraction of sp³-hybridized carbons (Fsp3) is 0.733. The van der Waals surface area contributed by atoms with Crippen molar-refractivity contribution in [2.75, 3.05) is 24.6 Å². The molecule has 1 aliphatic heterocycles. The molecule has 5 heteroatoms. The van der Waals surface area contributed by atoms with Crippen molar-refractivity contribution in [1.82, 2.24) is 15.3 Å². The normalized spacial score (nSPS) is 23.1. The van der Waals surface area contributed by atoms with Crippen LogP contribution >= 0.6 is 0 Å². The molecule has 5 nitrogen and oxygen atoms in total. The molecule has 0 aliphatic carbocycles. The van der Waals surface area contributed by atoms with Gasteiger partial charge in [0.1, 0.15) is 0 Å². The number of hydrogen-bond donors (Lipinski definition) is 1. The Bertz CT molecular complexity index is 438. The summed E-state index contributed by atoms with van der Waals surface area (Å²) in [6.07, 6.45) is 3.24. The summed E-state index contributed by atoms with van der Waals surface area (Å²) in [6, 6.07) is 0.380. The van der Waals surface area contributed by atoms with Crippen molar-refractivity contribution >= 4 is 5.95 Å². The van der Waals surface area contributed by atoms with Gasteiger partial charge in [-0.1, -0.05) is 13.8 Å². The van der Waals surface area contributed by atoms with Crippen molar-refractivity contribution in [1.29, 1.82) is 0 Å². The molecule has 0 amide bonds. The molecule has 0 spiro atoms. The summed E-state index contributed by atoms with van der Waals surface area (Å²) >= 11 is 0. The van der Waals surface area contributed by atoms with Gasteiger partial charge in [-0.05, 0) is 26.8 Å². The van der Waals surface area contributed by atoms with Crippen LogP contribution in [0.15, 0.2) is 6.20 Å². The summed E-state index contributed by atoms with van der Waals surface area (Å²) in [7, 11) is 0. The van der Waals surface area contributed by atoms with E-state index in [1.54, 1.807) is 0 Å². The third kappa shape index (κ3) is 3.46. The molecule has 2 rings (SSSR count). The van der Waals surface area contributed by atoms with Crippen molar-refractivity contribution in [3.8, 4) is 0 Å². The van der Waals surface area contributed by atoms with Gasteiger partial charge in [-0.25, -0.2) is 9.97 Å². The molecule has 0 bridgehead atoms. The zero-order valence-electron chi connectivity index (χ0n) is 13.0. The molecule has 1 aliphatic rings. The van der Waals surface area contributed by atoms with Gasteiger partial charge in [0, 0.05) is 30.5 Å². The van der Waals surface area contributed by atoms with E-state index in [9.17, 15) is 0 Å². The van der Waals surface area contributed by atoms with E-state index in [1.807, 2.05) is 6.20 Å². The van der Waals surface area contributed by atoms with Crippen LogP contribution in [-0.4, -0.2) is 41.8 Å².